The molecule has 0 amide bonds. The lowest BCUT2D eigenvalue weighted by Crippen LogP contribution is -2.39. The van der Waals surface area contributed by atoms with E-state index in [4.69, 9.17) is 23.7 Å². The molecule has 1 aromatic rings. The number of aliphatic imine (C=N–C) groups is 1. The summed E-state index contributed by atoms with van der Waals surface area (Å²) in [4.78, 5) is 4.26. The van der Waals surface area contributed by atoms with Crippen LogP contribution in [0.2, 0.25) is 0 Å². The molecule has 1 fully saturated rings. The van der Waals surface area contributed by atoms with Crippen molar-refractivity contribution in [1.82, 2.24) is 10.6 Å². The van der Waals surface area contributed by atoms with Crippen LogP contribution in [0.15, 0.2) is 17.1 Å². The van der Waals surface area contributed by atoms with Gasteiger partial charge in [-0.3, -0.25) is 4.99 Å². The highest BCUT2D eigenvalue weighted by molar-refractivity contribution is 5.79. The van der Waals surface area contributed by atoms with E-state index >= 15 is 0 Å². The van der Waals surface area contributed by atoms with Gasteiger partial charge >= 0.3 is 0 Å². The van der Waals surface area contributed by atoms with Crippen LogP contribution in [-0.2, 0) is 15.9 Å². The number of hydrogen-bond acceptors (Lipinski definition) is 6. The largest absolute Gasteiger partial charge is 0.496 e. The van der Waals surface area contributed by atoms with Gasteiger partial charge in [0.2, 0.25) is 0 Å². The van der Waals surface area contributed by atoms with Gasteiger partial charge in [0, 0.05) is 51.0 Å². The molecule has 8 nitrogen and oxygen atoms in total. The summed E-state index contributed by atoms with van der Waals surface area (Å²) in [7, 11) is 6.68. The van der Waals surface area contributed by atoms with Crippen LogP contribution in [0.5, 0.6) is 17.2 Å². The molecule has 1 atom stereocenters. The third kappa shape index (κ3) is 7.62. The molecule has 29 heavy (non-hydrogen) atoms. The first-order chi connectivity index (χ1) is 14.2. The van der Waals surface area contributed by atoms with Crippen LogP contribution in [0.25, 0.3) is 0 Å². The Kier molecular flexibility index (Phi) is 10.4. The van der Waals surface area contributed by atoms with Crippen LogP contribution >= 0.6 is 0 Å². The van der Waals surface area contributed by atoms with E-state index in [9.17, 15) is 0 Å². The summed E-state index contributed by atoms with van der Waals surface area (Å²) < 4.78 is 27.5. The van der Waals surface area contributed by atoms with Crippen molar-refractivity contribution < 1.29 is 23.7 Å². The van der Waals surface area contributed by atoms with Crippen molar-refractivity contribution in [2.75, 3.05) is 61.3 Å². The van der Waals surface area contributed by atoms with E-state index in [0.717, 1.165) is 61.9 Å². The number of methoxy groups -OCH3 is 3. The number of guanidine groups is 1. The van der Waals surface area contributed by atoms with Crippen LogP contribution in [0.1, 0.15) is 24.8 Å². The van der Waals surface area contributed by atoms with Gasteiger partial charge < -0.3 is 34.3 Å². The summed E-state index contributed by atoms with van der Waals surface area (Å²) in [6, 6.07) is 3.73. The van der Waals surface area contributed by atoms with Crippen LogP contribution < -0.4 is 24.8 Å². The second-order valence-electron chi connectivity index (χ2n) is 6.75. The van der Waals surface area contributed by atoms with Gasteiger partial charge in [-0.25, -0.2) is 0 Å². The van der Waals surface area contributed by atoms with Crippen molar-refractivity contribution in [3.8, 4) is 17.2 Å². The number of ether oxygens (including phenoxy) is 5. The molecule has 164 valence electrons. The van der Waals surface area contributed by atoms with Gasteiger partial charge in [-0.1, -0.05) is 0 Å². The second kappa shape index (κ2) is 13.1. The van der Waals surface area contributed by atoms with Crippen molar-refractivity contribution in [3.05, 3.63) is 17.7 Å². The molecule has 0 saturated carbocycles. The molecule has 1 saturated heterocycles. The maximum absolute atomic E-state index is 5.68. The van der Waals surface area contributed by atoms with Gasteiger partial charge in [-0.05, 0) is 25.7 Å². The minimum atomic E-state index is 0.282. The van der Waals surface area contributed by atoms with Gasteiger partial charge in [0.25, 0.3) is 0 Å². The predicted molar refractivity (Wildman–Crippen MR) is 114 cm³/mol. The van der Waals surface area contributed by atoms with E-state index in [1.54, 1.807) is 28.4 Å². The average molecular weight is 410 g/mol. The van der Waals surface area contributed by atoms with E-state index in [0.29, 0.717) is 25.5 Å². The van der Waals surface area contributed by atoms with Gasteiger partial charge in [-0.2, -0.15) is 0 Å². The zero-order valence-electron chi connectivity index (χ0n) is 18.1. The van der Waals surface area contributed by atoms with Crippen LogP contribution in [-0.4, -0.2) is 73.4 Å². The first-order valence-electron chi connectivity index (χ1n) is 10.1. The maximum Gasteiger partial charge on any atom is 0.190 e. The lowest BCUT2D eigenvalue weighted by Gasteiger charge is -2.16. The molecule has 0 radical (unpaired) electrons. The minimum Gasteiger partial charge on any atom is -0.496 e. The fraction of sp³-hybridized carbons (Fsp3) is 0.667. The molecule has 0 spiro atoms. The third-order valence-corrected chi connectivity index (χ3v) is 4.79. The Labute approximate surface area is 173 Å². The maximum atomic E-state index is 5.68. The summed E-state index contributed by atoms with van der Waals surface area (Å²) in [5, 5.41) is 6.63. The fourth-order valence-corrected chi connectivity index (χ4v) is 3.22. The monoisotopic (exact) mass is 409 g/mol. The Balaban J connectivity index is 1.70. The number of nitrogens with one attached hydrogen (secondary N) is 2. The third-order valence-electron chi connectivity index (χ3n) is 4.79. The molecule has 8 heteroatoms. The molecular weight excluding hydrogens is 374 g/mol. The lowest BCUT2D eigenvalue weighted by atomic mass is 10.1. The van der Waals surface area contributed by atoms with Gasteiger partial charge in [0.15, 0.2) is 5.96 Å². The highest BCUT2D eigenvalue weighted by atomic mass is 16.5. The highest BCUT2D eigenvalue weighted by Gasteiger charge is 2.15. The molecule has 1 aliphatic rings. The Bertz CT molecular complexity index is 608. The Morgan fingerprint density at radius 3 is 2.41 bits per heavy atom. The minimum absolute atomic E-state index is 0.282. The predicted octanol–water partition coefficient (Wildman–Crippen LogP) is 2.01. The van der Waals surface area contributed by atoms with Crippen LogP contribution in [0, 0.1) is 0 Å². The standard InChI is InChI=1S/C21H35N3O5/c1-22-21(23-9-6-11-28-15-16-7-5-12-29-16)24-10-8-18-19(26-3)13-17(25-2)14-20(18)27-4/h13-14,16H,5-12,15H2,1-4H3,(H2,22,23,24). The lowest BCUT2D eigenvalue weighted by molar-refractivity contribution is 0.0168. The van der Waals surface area contributed by atoms with E-state index < -0.39 is 0 Å². The SMILES string of the molecule is CN=C(NCCCOCC1CCCO1)NCCc1c(OC)cc(OC)cc1OC. The molecule has 1 unspecified atom stereocenters. The second-order valence-corrected chi connectivity index (χ2v) is 6.75. The highest BCUT2D eigenvalue weighted by Crippen LogP contribution is 2.34. The molecule has 0 aromatic heterocycles. The molecule has 1 aromatic carbocycles. The zero-order chi connectivity index (χ0) is 20.9. The molecule has 0 aliphatic carbocycles. The Hall–Kier alpha value is -2.19. The first kappa shape index (κ1) is 23.1. The van der Waals surface area contributed by atoms with Crippen molar-refractivity contribution in [3.63, 3.8) is 0 Å². The van der Waals surface area contributed by atoms with E-state index in [-0.39, 0.29) is 6.10 Å². The summed E-state index contributed by atoms with van der Waals surface area (Å²) in [6.45, 7) is 3.75. The summed E-state index contributed by atoms with van der Waals surface area (Å²) in [5.74, 6) is 2.95. The zero-order valence-corrected chi connectivity index (χ0v) is 18.1. The van der Waals surface area contributed by atoms with E-state index in [2.05, 4.69) is 15.6 Å². The first-order valence-corrected chi connectivity index (χ1v) is 10.1. The number of rotatable bonds is 12. The molecule has 2 rings (SSSR count). The van der Waals surface area contributed by atoms with Gasteiger partial charge in [-0.15, -0.1) is 0 Å². The normalized spacial score (nSPS) is 16.6. The van der Waals surface area contributed by atoms with Crippen molar-refractivity contribution >= 4 is 5.96 Å². The smallest absolute Gasteiger partial charge is 0.190 e. The Morgan fingerprint density at radius 1 is 1.10 bits per heavy atom. The number of benzene rings is 1. The molecule has 2 N–H and O–H groups in total. The topological polar surface area (TPSA) is 82.6 Å². The molecule has 0 bridgehead atoms. The number of nitrogens with zero attached hydrogens (tertiary/aromatic N) is 1. The van der Waals surface area contributed by atoms with Crippen molar-refractivity contribution in [1.29, 1.82) is 0 Å². The van der Waals surface area contributed by atoms with Gasteiger partial charge in [0.1, 0.15) is 17.2 Å². The van der Waals surface area contributed by atoms with Crippen LogP contribution in [0.3, 0.4) is 0 Å². The van der Waals surface area contributed by atoms with Gasteiger partial charge in [0.05, 0.1) is 34.0 Å². The summed E-state index contributed by atoms with van der Waals surface area (Å²) in [6.07, 6.45) is 4.17. The van der Waals surface area contributed by atoms with Crippen molar-refractivity contribution in [2.45, 2.75) is 31.8 Å². The van der Waals surface area contributed by atoms with Crippen molar-refractivity contribution in [2.24, 2.45) is 4.99 Å². The molecular formula is C21H35N3O5. The summed E-state index contributed by atoms with van der Waals surface area (Å²) in [5.41, 5.74) is 0.987. The Morgan fingerprint density at radius 2 is 1.83 bits per heavy atom. The summed E-state index contributed by atoms with van der Waals surface area (Å²) >= 11 is 0. The average Bonchev–Trinajstić information content (AvgIpc) is 3.27. The molecule has 1 heterocycles. The van der Waals surface area contributed by atoms with E-state index in [1.807, 2.05) is 12.1 Å². The van der Waals surface area contributed by atoms with Crippen LogP contribution in [0.4, 0.5) is 0 Å². The number of hydrogen-bond donors (Lipinski definition) is 2. The quantitative estimate of drug-likeness (QED) is 0.310. The molecule has 1 aliphatic heterocycles. The van der Waals surface area contributed by atoms with E-state index in [1.165, 1.54) is 0 Å². The fourth-order valence-electron chi connectivity index (χ4n) is 3.22.